The highest BCUT2D eigenvalue weighted by atomic mass is 16.5. The third-order valence-corrected chi connectivity index (χ3v) is 3.35. The highest BCUT2D eigenvalue weighted by molar-refractivity contribution is 6.05. The molecule has 0 radical (unpaired) electrons. The summed E-state index contributed by atoms with van der Waals surface area (Å²) in [6.07, 6.45) is 0. The molecule has 0 unspecified atom stereocenters. The van der Waals surface area contributed by atoms with Crippen molar-refractivity contribution in [2.24, 2.45) is 0 Å². The van der Waals surface area contributed by atoms with Gasteiger partial charge in [0.25, 0.3) is 5.91 Å². The zero-order chi connectivity index (χ0) is 16.2. The Morgan fingerprint density at radius 3 is 2.78 bits per heavy atom. The lowest BCUT2D eigenvalue weighted by Crippen LogP contribution is -2.10. The number of ether oxygens (including phenoxy) is 2. The summed E-state index contributed by atoms with van der Waals surface area (Å²) in [5, 5.41) is 3.62. The Kier molecular flexibility index (Phi) is 4.19. The van der Waals surface area contributed by atoms with Gasteiger partial charge in [-0.15, -0.1) is 0 Å². The highest BCUT2D eigenvalue weighted by Crippen LogP contribution is 2.29. The van der Waals surface area contributed by atoms with E-state index in [9.17, 15) is 4.79 Å². The number of carbonyl (C=O) groups is 1. The lowest BCUT2D eigenvalue weighted by atomic mass is 10.2. The van der Waals surface area contributed by atoms with Gasteiger partial charge in [0.05, 0.1) is 13.7 Å². The third kappa shape index (κ3) is 3.13. The molecule has 118 valence electrons. The van der Waals surface area contributed by atoms with Crippen LogP contribution in [0.4, 0.5) is 5.69 Å². The molecule has 1 heterocycles. The first kappa shape index (κ1) is 15.0. The van der Waals surface area contributed by atoms with Gasteiger partial charge in [0.15, 0.2) is 17.1 Å². The van der Waals surface area contributed by atoms with Gasteiger partial charge in [-0.25, -0.2) is 0 Å². The first-order valence-electron chi connectivity index (χ1n) is 7.32. The van der Waals surface area contributed by atoms with Gasteiger partial charge in [-0.05, 0) is 31.2 Å². The summed E-state index contributed by atoms with van der Waals surface area (Å²) in [4.78, 5) is 12.4. The van der Waals surface area contributed by atoms with E-state index in [2.05, 4.69) is 5.32 Å². The van der Waals surface area contributed by atoms with Crippen molar-refractivity contribution in [2.45, 2.75) is 6.92 Å². The van der Waals surface area contributed by atoms with Gasteiger partial charge < -0.3 is 19.2 Å². The molecule has 1 aromatic heterocycles. The first-order valence-corrected chi connectivity index (χ1v) is 7.32. The predicted molar refractivity (Wildman–Crippen MR) is 88.3 cm³/mol. The summed E-state index contributed by atoms with van der Waals surface area (Å²) < 4.78 is 16.3. The first-order chi connectivity index (χ1) is 11.2. The maximum atomic E-state index is 12.4. The minimum Gasteiger partial charge on any atom is -0.494 e. The molecule has 0 bridgehead atoms. The molecule has 1 amide bonds. The Bertz CT molecular complexity index is 838. The number of furan rings is 1. The van der Waals surface area contributed by atoms with Crippen LogP contribution in [0.5, 0.6) is 11.5 Å². The Balaban J connectivity index is 1.84. The summed E-state index contributed by atoms with van der Waals surface area (Å²) >= 11 is 0. The molecule has 3 aromatic rings. The zero-order valence-corrected chi connectivity index (χ0v) is 13.0. The molecule has 5 heteroatoms. The molecule has 0 saturated heterocycles. The van der Waals surface area contributed by atoms with Gasteiger partial charge in [0, 0.05) is 17.1 Å². The number of fused-ring (bicyclic) bond motifs is 1. The maximum Gasteiger partial charge on any atom is 0.291 e. The van der Waals surface area contributed by atoms with Gasteiger partial charge in [-0.3, -0.25) is 4.79 Å². The molecule has 0 aliphatic carbocycles. The normalized spacial score (nSPS) is 10.5. The summed E-state index contributed by atoms with van der Waals surface area (Å²) in [7, 11) is 1.57. The van der Waals surface area contributed by atoms with E-state index in [1.165, 1.54) is 0 Å². The molecule has 0 fully saturated rings. The van der Waals surface area contributed by atoms with Crippen LogP contribution < -0.4 is 14.8 Å². The average Bonchev–Trinajstić information content (AvgIpc) is 3.00. The van der Waals surface area contributed by atoms with Gasteiger partial charge >= 0.3 is 0 Å². The van der Waals surface area contributed by atoms with Crippen LogP contribution in [0.2, 0.25) is 0 Å². The Labute approximate surface area is 133 Å². The quantitative estimate of drug-likeness (QED) is 0.771. The Morgan fingerprint density at radius 1 is 1.17 bits per heavy atom. The lowest BCUT2D eigenvalue weighted by molar-refractivity contribution is 0.0998. The van der Waals surface area contributed by atoms with E-state index in [0.717, 1.165) is 5.39 Å². The van der Waals surface area contributed by atoms with Crippen molar-refractivity contribution in [2.75, 3.05) is 19.0 Å². The number of methoxy groups -OCH3 is 1. The van der Waals surface area contributed by atoms with E-state index >= 15 is 0 Å². The molecular formula is C18H17NO4. The Hall–Kier alpha value is -2.95. The van der Waals surface area contributed by atoms with E-state index in [-0.39, 0.29) is 11.7 Å². The number of benzene rings is 2. The number of amides is 1. The third-order valence-electron chi connectivity index (χ3n) is 3.35. The summed E-state index contributed by atoms with van der Waals surface area (Å²) in [6, 6.07) is 14.4. The second-order valence-electron chi connectivity index (χ2n) is 4.90. The number of para-hydroxylation sites is 1. The van der Waals surface area contributed by atoms with Crippen LogP contribution >= 0.6 is 0 Å². The van der Waals surface area contributed by atoms with E-state index in [1.807, 2.05) is 31.2 Å². The smallest absolute Gasteiger partial charge is 0.291 e. The number of anilines is 1. The van der Waals surface area contributed by atoms with E-state index < -0.39 is 0 Å². The standard InChI is InChI=1S/C18H17NO4/c1-3-22-14-8-5-7-13(11-14)19-18(20)16-10-12-6-4-9-15(21-2)17(12)23-16/h4-11H,3H2,1-2H3,(H,19,20). The monoisotopic (exact) mass is 311 g/mol. The fourth-order valence-electron chi connectivity index (χ4n) is 2.33. The van der Waals surface area contributed by atoms with Crippen LogP contribution in [0.1, 0.15) is 17.5 Å². The van der Waals surface area contributed by atoms with Crippen LogP contribution in [0, 0.1) is 0 Å². The number of hydrogen-bond acceptors (Lipinski definition) is 4. The molecule has 2 aromatic carbocycles. The molecule has 0 aliphatic rings. The van der Waals surface area contributed by atoms with Crippen molar-refractivity contribution in [3.8, 4) is 11.5 Å². The van der Waals surface area contributed by atoms with E-state index in [4.69, 9.17) is 13.9 Å². The summed E-state index contributed by atoms with van der Waals surface area (Å²) in [5.41, 5.74) is 1.21. The van der Waals surface area contributed by atoms with Crippen molar-refractivity contribution in [1.82, 2.24) is 0 Å². The molecular weight excluding hydrogens is 294 g/mol. The molecule has 3 rings (SSSR count). The van der Waals surface area contributed by atoms with Crippen LogP contribution in [0.3, 0.4) is 0 Å². The number of nitrogens with one attached hydrogen (secondary N) is 1. The van der Waals surface area contributed by atoms with Gasteiger partial charge in [-0.1, -0.05) is 18.2 Å². The van der Waals surface area contributed by atoms with Gasteiger partial charge in [0.1, 0.15) is 5.75 Å². The minimum absolute atomic E-state index is 0.228. The number of hydrogen-bond donors (Lipinski definition) is 1. The van der Waals surface area contributed by atoms with Crippen molar-refractivity contribution in [3.05, 3.63) is 54.3 Å². The molecule has 23 heavy (non-hydrogen) atoms. The average molecular weight is 311 g/mol. The molecule has 1 N–H and O–H groups in total. The topological polar surface area (TPSA) is 60.7 Å². The molecule has 0 spiro atoms. The van der Waals surface area contributed by atoms with Gasteiger partial charge in [0.2, 0.25) is 0 Å². The summed E-state index contributed by atoms with van der Waals surface area (Å²) in [6.45, 7) is 2.48. The fraction of sp³-hybridized carbons (Fsp3) is 0.167. The van der Waals surface area contributed by atoms with Gasteiger partial charge in [-0.2, -0.15) is 0 Å². The summed E-state index contributed by atoms with van der Waals surface area (Å²) in [5.74, 6) is 1.21. The van der Waals surface area contributed by atoms with Crippen molar-refractivity contribution < 1.29 is 18.7 Å². The molecule has 0 saturated carbocycles. The van der Waals surface area contributed by atoms with Crippen LogP contribution in [-0.4, -0.2) is 19.6 Å². The second-order valence-corrected chi connectivity index (χ2v) is 4.90. The van der Waals surface area contributed by atoms with Crippen molar-refractivity contribution in [3.63, 3.8) is 0 Å². The van der Waals surface area contributed by atoms with Crippen molar-refractivity contribution in [1.29, 1.82) is 0 Å². The second kappa shape index (κ2) is 6.44. The number of rotatable bonds is 5. The zero-order valence-electron chi connectivity index (χ0n) is 13.0. The molecule has 0 aliphatic heterocycles. The van der Waals surface area contributed by atoms with Crippen LogP contribution in [0.15, 0.2) is 52.9 Å². The SMILES string of the molecule is CCOc1cccc(NC(=O)c2cc3cccc(OC)c3o2)c1. The Morgan fingerprint density at radius 2 is 2.00 bits per heavy atom. The minimum atomic E-state index is -0.322. The highest BCUT2D eigenvalue weighted by Gasteiger charge is 2.15. The van der Waals surface area contributed by atoms with Crippen molar-refractivity contribution >= 4 is 22.6 Å². The van der Waals surface area contributed by atoms with E-state index in [1.54, 1.807) is 31.4 Å². The maximum absolute atomic E-state index is 12.4. The van der Waals surface area contributed by atoms with Crippen LogP contribution in [-0.2, 0) is 0 Å². The largest absolute Gasteiger partial charge is 0.494 e. The van der Waals surface area contributed by atoms with Crippen LogP contribution in [0.25, 0.3) is 11.0 Å². The predicted octanol–water partition coefficient (Wildman–Crippen LogP) is 4.09. The lowest BCUT2D eigenvalue weighted by Gasteiger charge is -2.06. The molecule has 0 atom stereocenters. The molecule has 5 nitrogen and oxygen atoms in total. The van der Waals surface area contributed by atoms with E-state index in [0.29, 0.717) is 29.4 Å². The fourth-order valence-corrected chi connectivity index (χ4v) is 2.33. The number of carbonyl (C=O) groups excluding carboxylic acids is 1.